The van der Waals surface area contributed by atoms with Gasteiger partial charge in [0.25, 0.3) is 0 Å². The molecule has 1 atom stereocenters. The molecule has 0 saturated heterocycles. The summed E-state index contributed by atoms with van der Waals surface area (Å²) in [6.07, 6.45) is 8.45. The van der Waals surface area contributed by atoms with Crippen LogP contribution in [0.25, 0.3) is 0 Å². The fraction of sp³-hybridized carbons (Fsp3) is 0.800. The van der Waals surface area contributed by atoms with Crippen LogP contribution < -0.4 is 0 Å². The molecule has 2 nitrogen and oxygen atoms in total. The molecule has 0 aliphatic carbocycles. The van der Waals surface area contributed by atoms with Crippen molar-refractivity contribution in [1.29, 1.82) is 0 Å². The van der Waals surface area contributed by atoms with Gasteiger partial charge in [-0.2, -0.15) is 0 Å². The van der Waals surface area contributed by atoms with Gasteiger partial charge in [0.05, 0.1) is 6.10 Å². The van der Waals surface area contributed by atoms with Crippen molar-refractivity contribution in [2.75, 3.05) is 13.7 Å². The van der Waals surface area contributed by atoms with Crippen LogP contribution in [0.1, 0.15) is 32.6 Å². The Bertz CT molecular complexity index is 110. The molecule has 0 aromatic rings. The van der Waals surface area contributed by atoms with Crippen LogP contribution in [0.2, 0.25) is 0 Å². The molecule has 12 heavy (non-hydrogen) atoms. The summed E-state index contributed by atoms with van der Waals surface area (Å²) < 4.78 is 5.23. The van der Waals surface area contributed by atoms with Crippen LogP contribution in [-0.4, -0.2) is 24.9 Å². The predicted octanol–water partition coefficient (Wildman–Crippen LogP) is 2.13. The summed E-state index contributed by atoms with van der Waals surface area (Å²) in [5.41, 5.74) is 0. The van der Waals surface area contributed by atoms with Gasteiger partial charge in [0.15, 0.2) is 0 Å². The highest BCUT2D eigenvalue weighted by Crippen LogP contribution is 2.05. The van der Waals surface area contributed by atoms with Crippen molar-refractivity contribution in [3.8, 4) is 0 Å². The van der Waals surface area contributed by atoms with Gasteiger partial charge in [-0.15, -0.1) is 0 Å². The van der Waals surface area contributed by atoms with Crippen molar-refractivity contribution in [3.05, 3.63) is 12.2 Å². The molecule has 0 rings (SSSR count). The third-order valence-corrected chi connectivity index (χ3v) is 1.79. The number of hydrogen-bond acceptors (Lipinski definition) is 2. The standard InChI is InChI=1S/C10H20O2/c1-3-4-7-10(12-2)8-5-6-9-11/h5,8,10-11H,3-4,6-7,9H2,1-2H3/b8-5+. The van der Waals surface area contributed by atoms with E-state index >= 15 is 0 Å². The Labute approximate surface area is 75.2 Å². The van der Waals surface area contributed by atoms with E-state index in [1.54, 1.807) is 7.11 Å². The Balaban J connectivity index is 3.51. The van der Waals surface area contributed by atoms with Crippen LogP contribution in [0.15, 0.2) is 12.2 Å². The van der Waals surface area contributed by atoms with Crippen molar-refractivity contribution < 1.29 is 9.84 Å². The van der Waals surface area contributed by atoms with Gasteiger partial charge < -0.3 is 9.84 Å². The van der Waals surface area contributed by atoms with E-state index in [1.165, 1.54) is 12.8 Å². The highest BCUT2D eigenvalue weighted by atomic mass is 16.5. The van der Waals surface area contributed by atoms with Crippen molar-refractivity contribution >= 4 is 0 Å². The van der Waals surface area contributed by atoms with Crippen molar-refractivity contribution in [3.63, 3.8) is 0 Å². The summed E-state index contributed by atoms with van der Waals surface area (Å²) >= 11 is 0. The molecular formula is C10H20O2. The summed E-state index contributed by atoms with van der Waals surface area (Å²) in [6, 6.07) is 0. The lowest BCUT2D eigenvalue weighted by Crippen LogP contribution is -2.06. The minimum Gasteiger partial charge on any atom is -0.396 e. The number of aliphatic hydroxyl groups is 1. The van der Waals surface area contributed by atoms with Gasteiger partial charge in [-0.25, -0.2) is 0 Å². The second-order valence-electron chi connectivity index (χ2n) is 2.86. The summed E-state index contributed by atoms with van der Waals surface area (Å²) in [6.45, 7) is 2.39. The molecule has 72 valence electrons. The molecule has 0 spiro atoms. The molecule has 0 aromatic carbocycles. The first-order valence-electron chi connectivity index (χ1n) is 4.65. The van der Waals surface area contributed by atoms with Crippen LogP contribution in [0.3, 0.4) is 0 Å². The van der Waals surface area contributed by atoms with E-state index in [-0.39, 0.29) is 12.7 Å². The Morgan fingerprint density at radius 3 is 2.75 bits per heavy atom. The molecule has 0 saturated carbocycles. The van der Waals surface area contributed by atoms with E-state index in [0.717, 1.165) is 12.8 Å². The van der Waals surface area contributed by atoms with E-state index in [0.29, 0.717) is 0 Å². The monoisotopic (exact) mass is 172 g/mol. The molecule has 0 aliphatic rings. The minimum absolute atomic E-state index is 0.223. The number of aliphatic hydroxyl groups excluding tert-OH is 1. The average molecular weight is 172 g/mol. The van der Waals surface area contributed by atoms with Crippen LogP contribution in [-0.2, 0) is 4.74 Å². The lowest BCUT2D eigenvalue weighted by Gasteiger charge is -2.09. The van der Waals surface area contributed by atoms with E-state index in [4.69, 9.17) is 9.84 Å². The Kier molecular flexibility index (Phi) is 8.51. The Morgan fingerprint density at radius 1 is 1.50 bits per heavy atom. The normalized spacial score (nSPS) is 13.9. The van der Waals surface area contributed by atoms with Gasteiger partial charge in [0.2, 0.25) is 0 Å². The number of unbranched alkanes of at least 4 members (excludes halogenated alkanes) is 1. The third-order valence-electron chi connectivity index (χ3n) is 1.79. The fourth-order valence-corrected chi connectivity index (χ4v) is 1.02. The van der Waals surface area contributed by atoms with Crippen LogP contribution in [0, 0.1) is 0 Å². The van der Waals surface area contributed by atoms with Crippen molar-refractivity contribution in [2.24, 2.45) is 0 Å². The zero-order valence-electron chi connectivity index (χ0n) is 8.12. The first-order valence-corrected chi connectivity index (χ1v) is 4.65. The summed E-state index contributed by atoms with van der Waals surface area (Å²) in [4.78, 5) is 0. The highest BCUT2D eigenvalue weighted by Gasteiger charge is 1.99. The number of methoxy groups -OCH3 is 1. The molecule has 0 aromatic heterocycles. The number of rotatable bonds is 7. The van der Waals surface area contributed by atoms with Crippen LogP contribution in [0.5, 0.6) is 0 Å². The summed E-state index contributed by atoms with van der Waals surface area (Å²) in [5, 5.41) is 8.54. The molecule has 0 fully saturated rings. The predicted molar refractivity (Wildman–Crippen MR) is 51.2 cm³/mol. The van der Waals surface area contributed by atoms with Gasteiger partial charge >= 0.3 is 0 Å². The quantitative estimate of drug-likeness (QED) is 0.596. The molecule has 0 amide bonds. The average Bonchev–Trinajstić information content (AvgIpc) is 2.11. The highest BCUT2D eigenvalue weighted by molar-refractivity contribution is 4.89. The van der Waals surface area contributed by atoms with E-state index in [2.05, 4.69) is 6.92 Å². The Hall–Kier alpha value is -0.340. The lowest BCUT2D eigenvalue weighted by atomic mass is 10.1. The summed E-state index contributed by atoms with van der Waals surface area (Å²) in [7, 11) is 1.73. The van der Waals surface area contributed by atoms with Crippen molar-refractivity contribution in [2.45, 2.75) is 38.7 Å². The third kappa shape index (κ3) is 6.38. The molecule has 0 aliphatic heterocycles. The maximum Gasteiger partial charge on any atom is 0.0752 e. The minimum atomic E-state index is 0.223. The Morgan fingerprint density at radius 2 is 2.25 bits per heavy atom. The van der Waals surface area contributed by atoms with Gasteiger partial charge in [-0.05, 0) is 12.8 Å². The first kappa shape index (κ1) is 11.7. The lowest BCUT2D eigenvalue weighted by molar-refractivity contribution is 0.131. The van der Waals surface area contributed by atoms with Crippen LogP contribution in [0.4, 0.5) is 0 Å². The SMILES string of the molecule is CCCCC(/C=C/CCO)OC. The molecule has 0 radical (unpaired) electrons. The molecule has 1 N–H and O–H groups in total. The summed E-state index contributed by atoms with van der Waals surface area (Å²) in [5.74, 6) is 0. The van der Waals surface area contributed by atoms with Gasteiger partial charge in [-0.1, -0.05) is 31.9 Å². The molecule has 0 bridgehead atoms. The smallest absolute Gasteiger partial charge is 0.0752 e. The maximum atomic E-state index is 8.54. The second-order valence-corrected chi connectivity index (χ2v) is 2.86. The maximum absolute atomic E-state index is 8.54. The number of hydrogen-bond donors (Lipinski definition) is 1. The number of ether oxygens (including phenoxy) is 1. The van der Waals surface area contributed by atoms with Gasteiger partial charge in [0.1, 0.15) is 0 Å². The van der Waals surface area contributed by atoms with E-state index in [9.17, 15) is 0 Å². The molecular weight excluding hydrogens is 152 g/mol. The van der Waals surface area contributed by atoms with Crippen molar-refractivity contribution in [1.82, 2.24) is 0 Å². The molecule has 0 heterocycles. The zero-order chi connectivity index (χ0) is 9.23. The molecule has 2 heteroatoms. The van der Waals surface area contributed by atoms with E-state index in [1.807, 2.05) is 12.2 Å². The first-order chi connectivity index (χ1) is 5.85. The topological polar surface area (TPSA) is 29.5 Å². The van der Waals surface area contributed by atoms with Gasteiger partial charge in [-0.3, -0.25) is 0 Å². The molecule has 1 unspecified atom stereocenters. The zero-order valence-corrected chi connectivity index (χ0v) is 8.12. The second kappa shape index (κ2) is 8.75. The van der Waals surface area contributed by atoms with E-state index < -0.39 is 0 Å². The fourth-order valence-electron chi connectivity index (χ4n) is 1.02. The van der Waals surface area contributed by atoms with Crippen LogP contribution >= 0.6 is 0 Å². The largest absolute Gasteiger partial charge is 0.396 e. The van der Waals surface area contributed by atoms with Gasteiger partial charge in [0, 0.05) is 13.7 Å².